The molecule has 8 heteroatoms. The van der Waals surface area contributed by atoms with Crippen molar-refractivity contribution >= 4 is 27.5 Å². The Morgan fingerprint density at radius 1 is 1.04 bits per heavy atom. The van der Waals surface area contributed by atoms with Crippen molar-refractivity contribution in [3.05, 3.63) is 64.6 Å². The van der Waals surface area contributed by atoms with Gasteiger partial charge in [0.05, 0.1) is 12.3 Å². The molecule has 26 heavy (non-hydrogen) atoms. The summed E-state index contributed by atoms with van der Waals surface area (Å²) in [6.07, 6.45) is 0.741. The van der Waals surface area contributed by atoms with Crippen molar-refractivity contribution in [3.8, 4) is 11.4 Å². The first-order valence-electron chi connectivity index (χ1n) is 8.16. The number of amides is 1. The van der Waals surface area contributed by atoms with Crippen LogP contribution in [0, 0.1) is 0 Å². The van der Waals surface area contributed by atoms with E-state index in [2.05, 4.69) is 36.4 Å². The lowest BCUT2D eigenvalue weighted by molar-refractivity contribution is -0.131. The first kappa shape index (κ1) is 16.6. The van der Waals surface area contributed by atoms with E-state index in [0.717, 1.165) is 27.7 Å². The highest BCUT2D eigenvalue weighted by atomic mass is 79.9. The third kappa shape index (κ3) is 3.55. The lowest BCUT2D eigenvalue weighted by Gasteiger charge is -2.10. The van der Waals surface area contributed by atoms with Crippen LogP contribution in [0.4, 0.5) is 0 Å². The van der Waals surface area contributed by atoms with Crippen molar-refractivity contribution in [1.82, 2.24) is 25.2 Å². The first-order chi connectivity index (χ1) is 12.7. The van der Waals surface area contributed by atoms with E-state index in [9.17, 15) is 4.79 Å². The molecule has 0 radical (unpaired) electrons. The van der Waals surface area contributed by atoms with Gasteiger partial charge in [0.25, 0.3) is 5.91 Å². The first-order valence-corrected chi connectivity index (χ1v) is 8.95. The number of halogens is 1. The number of rotatable bonds is 4. The number of aromatic nitrogens is 4. The van der Waals surface area contributed by atoms with E-state index < -0.39 is 0 Å². The molecule has 0 spiro atoms. The van der Waals surface area contributed by atoms with E-state index in [4.69, 9.17) is 0 Å². The van der Waals surface area contributed by atoms with Gasteiger partial charge in [-0.05, 0) is 35.0 Å². The number of hydrogen-bond donors (Lipinski definition) is 0. The third-order valence-corrected chi connectivity index (χ3v) is 4.56. The summed E-state index contributed by atoms with van der Waals surface area (Å²) in [5.41, 5.74) is 2.80. The predicted molar refractivity (Wildman–Crippen MR) is 100 cm³/mol. The second-order valence-electron chi connectivity index (χ2n) is 5.83. The molecule has 0 atom stereocenters. The van der Waals surface area contributed by atoms with Crippen LogP contribution in [0.15, 0.2) is 64.2 Å². The molecule has 0 fully saturated rings. The Morgan fingerprint density at radius 3 is 2.58 bits per heavy atom. The number of tetrazole rings is 1. The Hall–Kier alpha value is -2.87. The molecular weight excluding hydrogens is 396 g/mol. The maximum atomic E-state index is 12.5. The highest BCUT2D eigenvalue weighted by molar-refractivity contribution is 9.10. The summed E-state index contributed by atoms with van der Waals surface area (Å²) in [6.45, 7) is 0.576. The maximum Gasteiger partial charge on any atom is 0.266 e. The summed E-state index contributed by atoms with van der Waals surface area (Å²) in [5, 5.41) is 18.2. The summed E-state index contributed by atoms with van der Waals surface area (Å²) in [4.78, 5) is 13.8. The lowest BCUT2D eigenvalue weighted by Crippen LogP contribution is -2.28. The molecule has 3 aromatic rings. The molecule has 4 rings (SSSR count). The van der Waals surface area contributed by atoms with Gasteiger partial charge in [0.2, 0.25) is 5.82 Å². The fourth-order valence-electron chi connectivity index (χ4n) is 2.70. The van der Waals surface area contributed by atoms with Crippen molar-refractivity contribution < 1.29 is 4.79 Å². The number of hydrazone groups is 1. The van der Waals surface area contributed by atoms with E-state index in [-0.39, 0.29) is 12.5 Å². The van der Waals surface area contributed by atoms with Crippen molar-refractivity contribution in [2.75, 3.05) is 6.54 Å². The van der Waals surface area contributed by atoms with Gasteiger partial charge in [0.1, 0.15) is 6.54 Å². The molecule has 2 aromatic carbocycles. The molecule has 2 heterocycles. The third-order valence-electron chi connectivity index (χ3n) is 4.03. The van der Waals surface area contributed by atoms with Crippen LogP contribution in [0.1, 0.15) is 12.0 Å². The minimum Gasteiger partial charge on any atom is -0.271 e. The highest BCUT2D eigenvalue weighted by Crippen LogP contribution is 2.18. The zero-order chi connectivity index (χ0) is 17.9. The van der Waals surface area contributed by atoms with Crippen LogP contribution >= 0.6 is 15.9 Å². The van der Waals surface area contributed by atoms with E-state index in [0.29, 0.717) is 12.4 Å². The van der Waals surface area contributed by atoms with Gasteiger partial charge in [-0.3, -0.25) is 4.79 Å². The molecule has 0 aliphatic carbocycles. The van der Waals surface area contributed by atoms with Crippen molar-refractivity contribution in [2.24, 2.45) is 5.10 Å². The second-order valence-corrected chi connectivity index (χ2v) is 6.75. The van der Waals surface area contributed by atoms with Gasteiger partial charge in [-0.25, -0.2) is 5.01 Å². The Kier molecular flexibility index (Phi) is 4.57. The smallest absolute Gasteiger partial charge is 0.266 e. The lowest BCUT2D eigenvalue weighted by atomic mass is 10.1. The van der Waals surface area contributed by atoms with Gasteiger partial charge in [-0.15, -0.1) is 10.2 Å². The molecule has 1 aliphatic heterocycles. The molecule has 1 aromatic heterocycles. The van der Waals surface area contributed by atoms with E-state index in [1.165, 1.54) is 9.81 Å². The largest absolute Gasteiger partial charge is 0.271 e. The molecule has 1 aliphatic rings. The Bertz CT molecular complexity index is 951. The van der Waals surface area contributed by atoms with Gasteiger partial charge in [0, 0.05) is 16.5 Å². The number of hydrogen-bond acceptors (Lipinski definition) is 5. The quantitative estimate of drug-likeness (QED) is 0.662. The van der Waals surface area contributed by atoms with Gasteiger partial charge < -0.3 is 0 Å². The topological polar surface area (TPSA) is 76.3 Å². The number of carbonyl (C=O) groups excluding carboxylic acids is 1. The normalized spacial score (nSPS) is 13.7. The predicted octanol–water partition coefficient (Wildman–Crippen LogP) is 2.74. The average molecular weight is 411 g/mol. The molecule has 0 bridgehead atoms. The van der Waals surface area contributed by atoms with E-state index in [1.807, 2.05) is 54.6 Å². The summed E-state index contributed by atoms with van der Waals surface area (Å²) in [6, 6.07) is 17.5. The van der Waals surface area contributed by atoms with Gasteiger partial charge in [-0.2, -0.15) is 9.90 Å². The van der Waals surface area contributed by atoms with Crippen LogP contribution < -0.4 is 0 Å². The highest BCUT2D eigenvalue weighted by Gasteiger charge is 2.22. The van der Waals surface area contributed by atoms with Crippen LogP contribution in [0.3, 0.4) is 0 Å². The van der Waals surface area contributed by atoms with Crippen LogP contribution in [0.25, 0.3) is 11.4 Å². The molecule has 0 unspecified atom stereocenters. The van der Waals surface area contributed by atoms with Crippen molar-refractivity contribution in [2.45, 2.75) is 13.0 Å². The van der Waals surface area contributed by atoms with Gasteiger partial charge >= 0.3 is 0 Å². The fraction of sp³-hybridized carbons (Fsp3) is 0.167. The molecule has 0 saturated heterocycles. The van der Waals surface area contributed by atoms with Crippen molar-refractivity contribution in [1.29, 1.82) is 0 Å². The number of nitrogens with zero attached hydrogens (tertiary/aromatic N) is 6. The van der Waals surface area contributed by atoms with Crippen molar-refractivity contribution in [3.63, 3.8) is 0 Å². The molecule has 0 saturated carbocycles. The standard InChI is InChI=1S/C18H15BrN6O/c19-15-8-6-14(7-9-15)18-20-23-25(22-18)12-17(26)24-11-10-16(21-24)13-4-2-1-3-5-13/h1-9H,10-12H2. The number of carbonyl (C=O) groups is 1. The summed E-state index contributed by atoms with van der Waals surface area (Å²) < 4.78 is 0.977. The minimum atomic E-state index is -0.157. The van der Waals surface area contributed by atoms with Gasteiger partial charge in [0.15, 0.2) is 0 Å². The summed E-state index contributed by atoms with van der Waals surface area (Å²) >= 11 is 3.39. The SMILES string of the molecule is O=C(Cn1nnc(-c2ccc(Br)cc2)n1)N1CCC(c2ccccc2)=N1. The Labute approximate surface area is 158 Å². The van der Waals surface area contributed by atoms with Crippen LogP contribution in [0.2, 0.25) is 0 Å². The van der Waals surface area contributed by atoms with E-state index >= 15 is 0 Å². The average Bonchev–Trinajstić information content (AvgIpc) is 3.33. The Morgan fingerprint density at radius 2 is 1.81 bits per heavy atom. The molecule has 1 amide bonds. The van der Waals surface area contributed by atoms with Crippen LogP contribution in [-0.4, -0.2) is 43.4 Å². The zero-order valence-electron chi connectivity index (χ0n) is 13.8. The molecule has 0 N–H and O–H groups in total. The summed E-state index contributed by atoms with van der Waals surface area (Å²) in [7, 11) is 0. The van der Waals surface area contributed by atoms with Gasteiger partial charge in [-0.1, -0.05) is 46.3 Å². The van der Waals surface area contributed by atoms with Crippen LogP contribution in [0.5, 0.6) is 0 Å². The summed E-state index contributed by atoms with van der Waals surface area (Å²) in [5.74, 6) is 0.330. The fourth-order valence-corrected chi connectivity index (χ4v) is 2.96. The maximum absolute atomic E-state index is 12.5. The molecule has 130 valence electrons. The Balaban J connectivity index is 1.44. The molecule has 7 nitrogen and oxygen atoms in total. The number of benzene rings is 2. The second kappa shape index (κ2) is 7.17. The molecular formula is C18H15BrN6O. The minimum absolute atomic E-state index is 0.00903. The monoisotopic (exact) mass is 410 g/mol. The van der Waals surface area contributed by atoms with E-state index in [1.54, 1.807) is 0 Å². The van der Waals surface area contributed by atoms with Crippen LogP contribution in [-0.2, 0) is 11.3 Å². The zero-order valence-corrected chi connectivity index (χ0v) is 15.4.